The van der Waals surface area contributed by atoms with E-state index in [0.29, 0.717) is 32.6 Å². The number of rotatable bonds is 7. The van der Waals surface area contributed by atoms with Gasteiger partial charge < -0.3 is 9.80 Å². The van der Waals surface area contributed by atoms with Crippen LogP contribution in [0.1, 0.15) is 47.2 Å². The van der Waals surface area contributed by atoms with Crippen molar-refractivity contribution >= 4 is 72.6 Å². The number of anilines is 2. The Morgan fingerprint density at radius 2 is 1.17 bits per heavy atom. The second kappa shape index (κ2) is 15.2. The van der Waals surface area contributed by atoms with E-state index in [4.69, 9.17) is 23.2 Å². The molecule has 0 bridgehead atoms. The van der Waals surface area contributed by atoms with E-state index in [-0.39, 0.29) is 34.7 Å². The summed E-state index contributed by atoms with van der Waals surface area (Å²) < 4.78 is 50.9. The second-order valence-corrected chi connectivity index (χ2v) is 16.7. The maximum atomic E-state index is 12.7. The average Bonchev–Trinajstić information content (AvgIpc) is 3.63. The Kier molecular flexibility index (Phi) is 12.0. The van der Waals surface area contributed by atoms with Crippen LogP contribution in [-0.4, -0.2) is 42.4 Å². The molecule has 48 heavy (non-hydrogen) atoms. The quantitative estimate of drug-likeness (QED) is 0.191. The number of hydrogen-bond acceptors (Lipinski definition) is 6. The third-order valence-corrected chi connectivity index (χ3v) is 13.2. The van der Waals surface area contributed by atoms with Crippen molar-refractivity contribution in [2.75, 3.05) is 29.4 Å². The topological polar surface area (TPSA) is 91.8 Å². The number of carbonyl (C=O) groups excluding carboxylic acids is 1. The van der Waals surface area contributed by atoms with E-state index in [2.05, 4.69) is 11.8 Å². The van der Waals surface area contributed by atoms with E-state index in [1.807, 2.05) is 30.3 Å². The van der Waals surface area contributed by atoms with Crippen LogP contribution < -0.4 is 9.80 Å². The largest absolute Gasteiger partial charge is 0.371 e. The summed E-state index contributed by atoms with van der Waals surface area (Å²) in [7, 11) is -6.88. The molecule has 2 aliphatic heterocycles. The van der Waals surface area contributed by atoms with Gasteiger partial charge in [-0.05, 0) is 103 Å². The van der Waals surface area contributed by atoms with E-state index in [9.17, 15) is 21.6 Å². The molecule has 0 radical (unpaired) electrons. The van der Waals surface area contributed by atoms with Crippen LogP contribution in [0.3, 0.4) is 0 Å². The van der Waals surface area contributed by atoms with Gasteiger partial charge in [0, 0.05) is 48.0 Å². The number of amides is 1. The van der Waals surface area contributed by atoms with Crippen LogP contribution in [0, 0.1) is 13.8 Å². The SMILES string of the molecule is CC(=O)N1CCc2cc(CS(=O)(=O)c3cccc(Cl)c3C)ccc21.CCN1CCc2cc(CS(=O)(=O)c3cccc(Cl)c3C)ccc21.Cl. The minimum atomic E-state index is -3.48. The number of carbonyl (C=O) groups is 1. The van der Waals surface area contributed by atoms with Crippen LogP contribution in [-0.2, 0) is 48.8 Å². The lowest BCUT2D eigenvalue weighted by Crippen LogP contribution is -2.25. The number of nitrogens with zero attached hydrogens (tertiary/aromatic N) is 2. The van der Waals surface area contributed by atoms with E-state index in [1.54, 1.807) is 61.2 Å². The van der Waals surface area contributed by atoms with Gasteiger partial charge in [0.1, 0.15) is 0 Å². The minimum Gasteiger partial charge on any atom is -0.371 e. The molecule has 0 aromatic heterocycles. The fraction of sp³-hybridized carbons (Fsp3) is 0.306. The summed E-state index contributed by atoms with van der Waals surface area (Å²) >= 11 is 12.1. The summed E-state index contributed by atoms with van der Waals surface area (Å²) in [5.74, 6) is -0.0709. The standard InChI is InChI=1S/C18H18ClNO3S.C18H20ClNO2S.ClH/c1-12-16(19)4-3-5-18(12)24(22,23)11-14-6-7-17-15(10-14)8-9-20(17)13(2)21;1-3-20-10-9-15-11-14(7-8-17(15)20)12-23(21,22)18-6-4-5-16(19)13(18)2;/h3-7,10H,8-9,11H2,1-2H3;4-8,11H,3,9-10,12H2,1-2H3;1H. The van der Waals surface area contributed by atoms with Crippen molar-refractivity contribution in [2.45, 2.75) is 61.8 Å². The number of likely N-dealkylation sites (N-methyl/N-ethyl adjacent to an activating group) is 1. The molecule has 4 aromatic rings. The van der Waals surface area contributed by atoms with E-state index in [1.165, 1.54) is 18.2 Å². The summed E-state index contributed by atoms with van der Waals surface area (Å²) in [6.45, 7) is 9.76. The zero-order valence-electron chi connectivity index (χ0n) is 27.3. The fourth-order valence-electron chi connectivity index (χ4n) is 6.26. The van der Waals surface area contributed by atoms with Crippen LogP contribution in [0.4, 0.5) is 11.4 Å². The molecule has 12 heteroatoms. The van der Waals surface area contributed by atoms with Crippen molar-refractivity contribution < 1.29 is 21.6 Å². The van der Waals surface area contributed by atoms with Gasteiger partial charge in [0.25, 0.3) is 0 Å². The number of fused-ring (bicyclic) bond motifs is 2. The maximum Gasteiger partial charge on any atom is 0.223 e. The smallest absolute Gasteiger partial charge is 0.223 e. The molecule has 6 rings (SSSR count). The Hall–Kier alpha value is -3.08. The Morgan fingerprint density at radius 1 is 0.708 bits per heavy atom. The Balaban J connectivity index is 0.000000212. The van der Waals surface area contributed by atoms with Gasteiger partial charge in [0.15, 0.2) is 19.7 Å². The minimum absolute atomic E-state index is 0. The summed E-state index contributed by atoms with van der Waals surface area (Å²) in [6.07, 6.45) is 1.73. The van der Waals surface area contributed by atoms with Crippen LogP contribution in [0.25, 0.3) is 0 Å². The fourth-order valence-corrected chi connectivity index (χ4v) is 9.99. The van der Waals surface area contributed by atoms with Gasteiger partial charge in [0.05, 0.1) is 21.3 Å². The van der Waals surface area contributed by atoms with Crippen LogP contribution in [0.15, 0.2) is 82.6 Å². The predicted octanol–water partition coefficient (Wildman–Crippen LogP) is 7.96. The van der Waals surface area contributed by atoms with Crippen molar-refractivity contribution in [2.24, 2.45) is 0 Å². The lowest BCUT2D eigenvalue weighted by molar-refractivity contribution is -0.116. The molecule has 256 valence electrons. The van der Waals surface area contributed by atoms with Crippen LogP contribution in [0.5, 0.6) is 0 Å². The van der Waals surface area contributed by atoms with Gasteiger partial charge in [-0.2, -0.15) is 0 Å². The first-order chi connectivity index (χ1) is 22.2. The van der Waals surface area contributed by atoms with Crippen LogP contribution in [0.2, 0.25) is 10.0 Å². The number of sulfone groups is 2. The zero-order valence-corrected chi connectivity index (χ0v) is 31.3. The molecule has 2 heterocycles. The van der Waals surface area contributed by atoms with Crippen LogP contribution >= 0.6 is 35.6 Å². The number of benzene rings is 4. The maximum absolute atomic E-state index is 12.7. The zero-order chi connectivity index (χ0) is 34.1. The van der Waals surface area contributed by atoms with Crippen molar-refractivity contribution in [3.05, 3.63) is 116 Å². The van der Waals surface area contributed by atoms with E-state index in [0.717, 1.165) is 48.3 Å². The van der Waals surface area contributed by atoms with Gasteiger partial charge >= 0.3 is 0 Å². The molecule has 0 saturated heterocycles. The van der Waals surface area contributed by atoms with Crippen molar-refractivity contribution in [3.8, 4) is 0 Å². The van der Waals surface area contributed by atoms with Gasteiger partial charge in [-0.1, -0.05) is 59.6 Å². The molecule has 0 spiro atoms. The highest BCUT2D eigenvalue weighted by molar-refractivity contribution is 7.91. The third kappa shape index (κ3) is 8.03. The molecular weight excluding hydrogens is 711 g/mol. The molecule has 4 aromatic carbocycles. The second-order valence-electron chi connectivity index (χ2n) is 11.9. The summed E-state index contributed by atoms with van der Waals surface area (Å²) in [5, 5.41) is 0.931. The highest BCUT2D eigenvalue weighted by atomic mass is 35.5. The Labute approximate surface area is 300 Å². The summed E-state index contributed by atoms with van der Waals surface area (Å²) in [6, 6.07) is 21.4. The Bertz CT molecular complexity index is 2070. The number of hydrogen-bond donors (Lipinski definition) is 0. The highest BCUT2D eigenvalue weighted by Gasteiger charge is 2.25. The lowest BCUT2D eigenvalue weighted by atomic mass is 10.1. The summed E-state index contributed by atoms with van der Waals surface area (Å²) in [4.78, 5) is 16.2. The lowest BCUT2D eigenvalue weighted by Gasteiger charge is -2.16. The third-order valence-electron chi connectivity index (χ3n) is 8.76. The first kappa shape index (κ1) is 37.7. The van der Waals surface area contributed by atoms with Gasteiger partial charge in [-0.15, -0.1) is 12.4 Å². The molecule has 7 nitrogen and oxygen atoms in total. The van der Waals surface area contributed by atoms with E-state index < -0.39 is 19.7 Å². The molecule has 0 saturated carbocycles. The summed E-state index contributed by atoms with van der Waals surface area (Å²) in [5.41, 5.74) is 7.11. The van der Waals surface area contributed by atoms with Gasteiger partial charge in [-0.3, -0.25) is 4.79 Å². The van der Waals surface area contributed by atoms with Crippen molar-refractivity contribution in [1.29, 1.82) is 0 Å². The molecule has 0 N–H and O–H groups in total. The first-order valence-corrected chi connectivity index (χ1v) is 19.5. The molecule has 0 fully saturated rings. The Morgan fingerprint density at radius 3 is 1.65 bits per heavy atom. The van der Waals surface area contributed by atoms with Crippen molar-refractivity contribution in [1.82, 2.24) is 0 Å². The molecule has 0 aliphatic carbocycles. The van der Waals surface area contributed by atoms with Gasteiger partial charge in [0.2, 0.25) is 5.91 Å². The van der Waals surface area contributed by atoms with Crippen molar-refractivity contribution in [3.63, 3.8) is 0 Å². The predicted molar refractivity (Wildman–Crippen MR) is 198 cm³/mol. The molecule has 1 amide bonds. The molecule has 2 aliphatic rings. The number of halogens is 3. The van der Waals surface area contributed by atoms with Gasteiger partial charge in [-0.25, -0.2) is 16.8 Å². The monoisotopic (exact) mass is 748 g/mol. The molecule has 0 unspecified atom stereocenters. The normalized spacial score (nSPS) is 13.7. The molecular formula is C36H39Cl3N2O5S2. The molecule has 0 atom stereocenters. The highest BCUT2D eigenvalue weighted by Crippen LogP contribution is 2.33. The van der Waals surface area contributed by atoms with E-state index >= 15 is 0 Å². The first-order valence-electron chi connectivity index (χ1n) is 15.4. The average molecular weight is 750 g/mol.